The minimum Gasteiger partial charge on any atom is -0.381 e. The maximum absolute atomic E-state index is 3.63. The van der Waals surface area contributed by atoms with Crippen LogP contribution < -0.4 is 5.32 Å². The molecule has 0 aromatic heterocycles. The first-order valence-electron chi connectivity index (χ1n) is 13.0. The molecule has 0 spiro atoms. The zero-order chi connectivity index (χ0) is 25.1. The normalized spacial score (nSPS) is 11.6. The Morgan fingerprint density at radius 2 is 1.03 bits per heavy atom. The van der Waals surface area contributed by atoms with Gasteiger partial charge in [0, 0.05) is 17.6 Å². The highest BCUT2D eigenvalue weighted by Gasteiger charge is 2.32. The lowest BCUT2D eigenvalue weighted by molar-refractivity contribution is 0.577. The van der Waals surface area contributed by atoms with Crippen LogP contribution in [-0.2, 0) is 18.4 Å². The summed E-state index contributed by atoms with van der Waals surface area (Å²) < 4.78 is 0. The van der Waals surface area contributed by atoms with Crippen molar-refractivity contribution in [3.8, 4) is 0 Å². The monoisotopic (exact) mass is 477 g/mol. The summed E-state index contributed by atoms with van der Waals surface area (Å²) in [6.07, 6.45) is 0.899. The van der Waals surface area contributed by atoms with Crippen molar-refractivity contribution in [1.82, 2.24) is 0 Å². The second kappa shape index (κ2) is 9.95. The molecular weight excluding hydrogens is 446 g/mol. The maximum Gasteiger partial charge on any atom is 0.0400 e. The van der Waals surface area contributed by atoms with Gasteiger partial charge >= 0.3 is 0 Å². The zero-order valence-electron chi connectivity index (χ0n) is 21.2. The quantitative estimate of drug-likeness (QED) is 0.242. The zero-order valence-corrected chi connectivity index (χ0v) is 21.2. The third kappa shape index (κ3) is 4.61. The van der Waals surface area contributed by atoms with E-state index in [2.05, 4.69) is 152 Å². The molecule has 0 bridgehead atoms. The molecule has 0 heterocycles. The predicted molar refractivity (Wildman–Crippen MR) is 158 cm³/mol. The Hall–Kier alpha value is -4.36. The van der Waals surface area contributed by atoms with Crippen LogP contribution in [0.5, 0.6) is 0 Å². The molecule has 1 heteroatoms. The van der Waals surface area contributed by atoms with E-state index in [0.717, 1.165) is 18.7 Å². The van der Waals surface area contributed by atoms with Crippen LogP contribution in [0.1, 0.15) is 29.2 Å². The molecule has 0 amide bonds. The van der Waals surface area contributed by atoms with Crippen molar-refractivity contribution in [2.75, 3.05) is 5.32 Å². The summed E-state index contributed by atoms with van der Waals surface area (Å²) in [5.74, 6) is 0. The van der Waals surface area contributed by atoms with Crippen molar-refractivity contribution in [2.24, 2.45) is 0 Å². The molecule has 0 saturated carbocycles. The van der Waals surface area contributed by atoms with Crippen molar-refractivity contribution in [3.05, 3.63) is 162 Å². The van der Waals surface area contributed by atoms with Crippen LogP contribution in [0, 0.1) is 0 Å². The van der Waals surface area contributed by atoms with Crippen molar-refractivity contribution in [2.45, 2.75) is 25.3 Å². The Balaban J connectivity index is 1.45. The number of fused-ring (bicyclic) bond motifs is 2. The van der Waals surface area contributed by atoms with Crippen molar-refractivity contribution < 1.29 is 0 Å². The van der Waals surface area contributed by atoms with Gasteiger partial charge in [-0.2, -0.15) is 0 Å². The molecule has 0 aliphatic heterocycles. The van der Waals surface area contributed by atoms with E-state index in [9.17, 15) is 0 Å². The third-order valence-corrected chi connectivity index (χ3v) is 7.59. The Bertz CT molecular complexity index is 1580. The summed E-state index contributed by atoms with van der Waals surface area (Å²) in [4.78, 5) is 0. The van der Waals surface area contributed by atoms with E-state index < -0.39 is 0 Å². The van der Waals surface area contributed by atoms with Crippen molar-refractivity contribution in [1.29, 1.82) is 0 Å². The van der Waals surface area contributed by atoms with Crippen LogP contribution in [-0.4, -0.2) is 0 Å². The highest BCUT2D eigenvalue weighted by molar-refractivity contribution is 5.91. The standard InChI is InChI=1S/C36H31N/c1-36(34-22-10-17-29-15-5-7-20-32(29)34,35-23-11-18-30-16-6-8-21-33(30)35)25-28-14-9-19-31(24-28)37-26-27-12-3-2-4-13-27/h2-24,37H,25-26H2,1H3. The summed E-state index contributed by atoms with van der Waals surface area (Å²) in [6, 6.07) is 50.5. The minimum absolute atomic E-state index is 0.222. The summed E-state index contributed by atoms with van der Waals surface area (Å²) >= 11 is 0. The van der Waals surface area contributed by atoms with Gasteiger partial charge in [0.25, 0.3) is 0 Å². The lowest BCUT2D eigenvalue weighted by Crippen LogP contribution is -2.27. The molecule has 6 rings (SSSR count). The number of nitrogens with one attached hydrogen (secondary N) is 1. The van der Waals surface area contributed by atoms with Crippen molar-refractivity contribution in [3.63, 3.8) is 0 Å². The smallest absolute Gasteiger partial charge is 0.0400 e. The second-order valence-electron chi connectivity index (χ2n) is 10.1. The van der Waals surface area contributed by atoms with Crippen LogP contribution in [0.2, 0.25) is 0 Å². The van der Waals surface area contributed by atoms with Gasteiger partial charge in [-0.3, -0.25) is 0 Å². The highest BCUT2D eigenvalue weighted by atomic mass is 14.9. The Kier molecular flexibility index (Phi) is 6.20. The largest absolute Gasteiger partial charge is 0.381 e. The van der Waals surface area contributed by atoms with Gasteiger partial charge in [-0.1, -0.05) is 134 Å². The SMILES string of the molecule is CC(Cc1cccc(NCc2ccccc2)c1)(c1cccc2ccccc12)c1cccc2ccccc12. The maximum atomic E-state index is 3.63. The van der Waals surface area contributed by atoms with Gasteiger partial charge in [0.15, 0.2) is 0 Å². The van der Waals surface area contributed by atoms with Crippen LogP contribution >= 0.6 is 0 Å². The fraction of sp³-hybridized carbons (Fsp3) is 0.111. The molecule has 0 aliphatic rings. The van der Waals surface area contributed by atoms with Crippen LogP contribution in [0.15, 0.2) is 140 Å². The molecule has 0 radical (unpaired) electrons. The molecular formula is C36H31N. The molecule has 1 nitrogen and oxygen atoms in total. The second-order valence-corrected chi connectivity index (χ2v) is 10.1. The van der Waals surface area contributed by atoms with E-state index in [-0.39, 0.29) is 5.41 Å². The molecule has 0 fully saturated rings. The van der Waals surface area contributed by atoms with Gasteiger partial charge in [-0.05, 0) is 62.4 Å². The number of rotatable bonds is 7. The van der Waals surface area contributed by atoms with Crippen LogP contribution in [0.25, 0.3) is 21.5 Å². The summed E-state index contributed by atoms with van der Waals surface area (Å²) in [6.45, 7) is 3.23. The van der Waals surface area contributed by atoms with Gasteiger partial charge in [-0.15, -0.1) is 0 Å². The molecule has 180 valence electrons. The van der Waals surface area contributed by atoms with E-state index in [4.69, 9.17) is 0 Å². The first-order chi connectivity index (χ1) is 18.2. The number of benzene rings is 6. The fourth-order valence-electron chi connectivity index (χ4n) is 5.75. The third-order valence-electron chi connectivity index (χ3n) is 7.59. The predicted octanol–water partition coefficient (Wildman–Crippen LogP) is 9.15. The lowest BCUT2D eigenvalue weighted by Gasteiger charge is -2.34. The summed E-state index contributed by atoms with van der Waals surface area (Å²) in [7, 11) is 0. The molecule has 6 aromatic carbocycles. The Morgan fingerprint density at radius 1 is 0.514 bits per heavy atom. The van der Waals surface area contributed by atoms with Gasteiger partial charge in [0.1, 0.15) is 0 Å². The minimum atomic E-state index is -0.222. The molecule has 6 aromatic rings. The molecule has 37 heavy (non-hydrogen) atoms. The average Bonchev–Trinajstić information content (AvgIpc) is 2.96. The first-order valence-corrected chi connectivity index (χ1v) is 13.0. The summed E-state index contributed by atoms with van der Waals surface area (Å²) in [5, 5.41) is 8.83. The van der Waals surface area contributed by atoms with Crippen LogP contribution in [0.3, 0.4) is 0 Å². The van der Waals surface area contributed by atoms with E-state index in [1.807, 2.05) is 0 Å². The molecule has 0 unspecified atom stereocenters. The van der Waals surface area contributed by atoms with Gasteiger partial charge in [-0.25, -0.2) is 0 Å². The molecule has 0 aliphatic carbocycles. The number of anilines is 1. The van der Waals surface area contributed by atoms with Crippen molar-refractivity contribution >= 4 is 27.2 Å². The van der Waals surface area contributed by atoms with E-state index in [1.54, 1.807) is 0 Å². The van der Waals surface area contributed by atoms with Gasteiger partial charge in [0.05, 0.1) is 0 Å². The van der Waals surface area contributed by atoms with Crippen LogP contribution in [0.4, 0.5) is 5.69 Å². The molecule has 1 N–H and O–H groups in total. The Labute approximate surface area is 219 Å². The van der Waals surface area contributed by atoms with Gasteiger partial charge < -0.3 is 5.32 Å². The van der Waals surface area contributed by atoms with E-state index >= 15 is 0 Å². The molecule has 0 saturated heterocycles. The number of hydrogen-bond donors (Lipinski definition) is 1. The average molecular weight is 478 g/mol. The fourth-order valence-corrected chi connectivity index (χ4v) is 5.75. The Morgan fingerprint density at radius 3 is 1.68 bits per heavy atom. The lowest BCUT2D eigenvalue weighted by atomic mass is 9.69. The summed E-state index contributed by atoms with van der Waals surface area (Å²) in [5.41, 5.74) is 6.26. The van der Waals surface area contributed by atoms with E-state index in [1.165, 1.54) is 43.8 Å². The van der Waals surface area contributed by atoms with Gasteiger partial charge in [0.2, 0.25) is 0 Å². The number of hydrogen-bond acceptors (Lipinski definition) is 1. The highest BCUT2D eigenvalue weighted by Crippen LogP contribution is 2.42. The molecule has 0 atom stereocenters. The topological polar surface area (TPSA) is 12.0 Å². The van der Waals surface area contributed by atoms with E-state index in [0.29, 0.717) is 0 Å². The first kappa shape index (κ1) is 23.1.